The van der Waals surface area contributed by atoms with Gasteiger partial charge in [0.25, 0.3) is 0 Å². The van der Waals surface area contributed by atoms with Crippen LogP contribution < -0.4 is 5.32 Å². The van der Waals surface area contributed by atoms with E-state index in [4.69, 9.17) is 4.84 Å². The number of hydrogen-bond donors (Lipinski definition) is 1. The predicted molar refractivity (Wildman–Crippen MR) is 89.6 cm³/mol. The molecule has 23 heavy (non-hydrogen) atoms. The standard InChI is InChI=1S/C18H27N3O2/c1-14-13-21(18(22)19-16-11-7-4-8-12-16)17(23-20(14)2)15-9-5-3-6-10-15/h3,5-6,9-10,14,16-17H,4,7-8,11-13H2,1-2H3,(H,19,22)/t14-,17+/m1/s1. The van der Waals surface area contributed by atoms with Crippen LogP contribution in [0.25, 0.3) is 0 Å². The Morgan fingerprint density at radius 1 is 1.17 bits per heavy atom. The number of rotatable bonds is 2. The smallest absolute Gasteiger partial charge is 0.320 e. The van der Waals surface area contributed by atoms with E-state index in [1.54, 1.807) is 0 Å². The number of hydroxylamine groups is 2. The highest BCUT2D eigenvalue weighted by Gasteiger charge is 2.35. The summed E-state index contributed by atoms with van der Waals surface area (Å²) < 4.78 is 0. The summed E-state index contributed by atoms with van der Waals surface area (Å²) in [6.07, 6.45) is 5.53. The van der Waals surface area contributed by atoms with E-state index in [0.29, 0.717) is 12.6 Å². The quantitative estimate of drug-likeness (QED) is 0.910. The third kappa shape index (κ3) is 3.85. The van der Waals surface area contributed by atoms with Gasteiger partial charge >= 0.3 is 6.03 Å². The molecule has 5 heteroatoms. The number of carbonyl (C=O) groups excluding carboxylic acids is 1. The van der Waals surface area contributed by atoms with E-state index < -0.39 is 0 Å². The second-order valence-electron chi connectivity index (χ2n) is 6.70. The van der Waals surface area contributed by atoms with Crippen LogP contribution in [0.1, 0.15) is 50.8 Å². The van der Waals surface area contributed by atoms with E-state index in [9.17, 15) is 4.79 Å². The van der Waals surface area contributed by atoms with Crippen LogP contribution >= 0.6 is 0 Å². The summed E-state index contributed by atoms with van der Waals surface area (Å²) in [7, 11) is 1.93. The average molecular weight is 317 g/mol. The monoisotopic (exact) mass is 317 g/mol. The topological polar surface area (TPSA) is 44.8 Å². The molecule has 1 heterocycles. The van der Waals surface area contributed by atoms with Gasteiger partial charge in [-0.15, -0.1) is 0 Å². The summed E-state index contributed by atoms with van der Waals surface area (Å²) in [6, 6.07) is 10.4. The van der Waals surface area contributed by atoms with Gasteiger partial charge in [-0.2, -0.15) is 5.06 Å². The largest absolute Gasteiger partial charge is 0.335 e. The Morgan fingerprint density at radius 2 is 1.87 bits per heavy atom. The average Bonchev–Trinajstić information content (AvgIpc) is 2.58. The lowest BCUT2D eigenvalue weighted by atomic mass is 9.96. The molecule has 1 aromatic rings. The minimum Gasteiger partial charge on any atom is -0.335 e. The number of nitrogens with zero attached hydrogens (tertiary/aromatic N) is 2. The zero-order valence-corrected chi connectivity index (χ0v) is 14.1. The van der Waals surface area contributed by atoms with Crippen molar-refractivity contribution in [3.8, 4) is 0 Å². The molecule has 126 valence electrons. The number of hydrogen-bond acceptors (Lipinski definition) is 3. The highest BCUT2D eigenvalue weighted by Crippen LogP contribution is 2.29. The van der Waals surface area contributed by atoms with Crippen molar-refractivity contribution >= 4 is 6.03 Å². The molecule has 2 fully saturated rings. The van der Waals surface area contributed by atoms with Crippen LogP contribution in [0.2, 0.25) is 0 Å². The van der Waals surface area contributed by atoms with E-state index in [0.717, 1.165) is 18.4 Å². The third-order valence-corrected chi connectivity index (χ3v) is 4.91. The summed E-state index contributed by atoms with van der Waals surface area (Å²) in [5.41, 5.74) is 1.00. The number of nitrogens with one attached hydrogen (secondary N) is 1. The highest BCUT2D eigenvalue weighted by molar-refractivity contribution is 5.75. The second-order valence-corrected chi connectivity index (χ2v) is 6.70. The first-order valence-electron chi connectivity index (χ1n) is 8.67. The first-order chi connectivity index (χ1) is 11.1. The van der Waals surface area contributed by atoms with Crippen LogP contribution in [0.15, 0.2) is 30.3 Å². The molecule has 1 aliphatic carbocycles. The van der Waals surface area contributed by atoms with Gasteiger partial charge < -0.3 is 5.32 Å². The Balaban J connectivity index is 1.74. The number of amides is 2. The molecule has 3 rings (SSSR count). The van der Waals surface area contributed by atoms with Crippen LogP contribution in [0.4, 0.5) is 4.79 Å². The first kappa shape index (κ1) is 16.3. The third-order valence-electron chi connectivity index (χ3n) is 4.91. The minimum absolute atomic E-state index is 0.00861. The lowest BCUT2D eigenvalue weighted by Crippen LogP contribution is -2.56. The summed E-state index contributed by atoms with van der Waals surface area (Å²) in [5.74, 6) is 0. The van der Waals surface area contributed by atoms with Crippen LogP contribution in [0.5, 0.6) is 0 Å². The van der Waals surface area contributed by atoms with Crippen molar-refractivity contribution in [2.24, 2.45) is 0 Å². The maximum absolute atomic E-state index is 12.8. The van der Waals surface area contributed by atoms with Crippen molar-refractivity contribution in [3.05, 3.63) is 35.9 Å². The Bertz CT molecular complexity index is 516. The maximum atomic E-state index is 12.8. The fraction of sp³-hybridized carbons (Fsp3) is 0.611. The van der Waals surface area contributed by atoms with E-state index in [1.165, 1.54) is 19.3 Å². The number of benzene rings is 1. The molecule has 0 bridgehead atoms. The molecular formula is C18H27N3O2. The molecule has 0 unspecified atom stereocenters. The Kier molecular flexibility index (Phi) is 5.18. The van der Waals surface area contributed by atoms with Gasteiger partial charge in [-0.25, -0.2) is 4.79 Å². The van der Waals surface area contributed by atoms with Crippen LogP contribution in [-0.4, -0.2) is 41.7 Å². The van der Waals surface area contributed by atoms with Crippen LogP contribution in [0, 0.1) is 0 Å². The van der Waals surface area contributed by atoms with Crippen molar-refractivity contribution in [2.75, 3.05) is 13.6 Å². The number of urea groups is 1. The number of carbonyl (C=O) groups is 1. The fourth-order valence-electron chi connectivity index (χ4n) is 3.37. The van der Waals surface area contributed by atoms with E-state index in [2.05, 4.69) is 12.2 Å². The van der Waals surface area contributed by atoms with Crippen LogP contribution in [0.3, 0.4) is 0 Å². The van der Waals surface area contributed by atoms with Gasteiger partial charge in [0.2, 0.25) is 0 Å². The van der Waals surface area contributed by atoms with Gasteiger partial charge in [-0.05, 0) is 19.8 Å². The number of likely N-dealkylation sites (N-methyl/N-ethyl adjacent to an activating group) is 1. The Hall–Kier alpha value is -1.59. The maximum Gasteiger partial charge on any atom is 0.320 e. The molecule has 5 nitrogen and oxygen atoms in total. The van der Waals surface area contributed by atoms with E-state index in [1.807, 2.05) is 47.3 Å². The fourth-order valence-corrected chi connectivity index (χ4v) is 3.37. The van der Waals surface area contributed by atoms with Crippen molar-refractivity contribution in [2.45, 2.75) is 57.3 Å². The minimum atomic E-state index is -0.360. The molecule has 1 saturated carbocycles. The lowest BCUT2D eigenvalue weighted by molar-refractivity contribution is -0.273. The molecule has 0 radical (unpaired) electrons. The molecule has 2 atom stereocenters. The van der Waals surface area contributed by atoms with Gasteiger partial charge in [0.05, 0.1) is 6.04 Å². The van der Waals surface area contributed by atoms with Crippen molar-refractivity contribution in [3.63, 3.8) is 0 Å². The van der Waals surface area contributed by atoms with Gasteiger partial charge in [0, 0.05) is 25.2 Å². The summed E-state index contributed by atoms with van der Waals surface area (Å²) in [4.78, 5) is 20.7. The molecule has 1 aromatic carbocycles. The van der Waals surface area contributed by atoms with Crippen LogP contribution in [-0.2, 0) is 4.84 Å². The second kappa shape index (κ2) is 7.32. The summed E-state index contributed by atoms with van der Waals surface area (Å²) >= 11 is 0. The summed E-state index contributed by atoms with van der Waals surface area (Å²) in [5, 5.41) is 5.06. The SMILES string of the molecule is C[C@@H]1CN(C(=O)NC2CCCCC2)[C@H](c2ccccc2)ON1C. The lowest BCUT2D eigenvalue weighted by Gasteiger charge is -2.43. The van der Waals surface area contributed by atoms with Gasteiger partial charge in [-0.3, -0.25) is 9.74 Å². The molecule has 2 amide bonds. The highest BCUT2D eigenvalue weighted by atomic mass is 16.7. The van der Waals surface area contributed by atoms with Gasteiger partial charge in [0.15, 0.2) is 6.23 Å². The predicted octanol–water partition coefficient (Wildman–Crippen LogP) is 3.30. The van der Waals surface area contributed by atoms with Crippen molar-refractivity contribution in [1.29, 1.82) is 0 Å². The normalized spacial score (nSPS) is 27.0. The van der Waals surface area contributed by atoms with E-state index in [-0.39, 0.29) is 18.3 Å². The van der Waals surface area contributed by atoms with Crippen molar-refractivity contribution < 1.29 is 9.63 Å². The molecule has 0 spiro atoms. The molecular weight excluding hydrogens is 290 g/mol. The first-order valence-corrected chi connectivity index (χ1v) is 8.67. The molecule has 2 aliphatic rings. The summed E-state index contributed by atoms with van der Waals surface area (Å²) in [6.45, 7) is 2.73. The van der Waals surface area contributed by atoms with Gasteiger partial charge in [-0.1, -0.05) is 49.6 Å². The molecule has 1 N–H and O–H groups in total. The molecule has 0 aromatic heterocycles. The Morgan fingerprint density at radius 3 is 2.57 bits per heavy atom. The van der Waals surface area contributed by atoms with Gasteiger partial charge in [0.1, 0.15) is 0 Å². The molecule has 1 saturated heterocycles. The molecule has 1 aliphatic heterocycles. The van der Waals surface area contributed by atoms with Crippen molar-refractivity contribution in [1.82, 2.24) is 15.3 Å². The zero-order valence-electron chi connectivity index (χ0n) is 14.1. The zero-order chi connectivity index (χ0) is 16.2. The van der Waals surface area contributed by atoms with E-state index >= 15 is 0 Å². The Labute approximate surface area is 138 Å².